The highest BCUT2D eigenvalue weighted by molar-refractivity contribution is 6.36. The van der Waals surface area contributed by atoms with Crippen molar-refractivity contribution in [3.05, 3.63) is 11.9 Å². The molecule has 1 nitrogen and oxygen atoms in total. The summed E-state index contributed by atoms with van der Waals surface area (Å²) in [6.45, 7) is 4.63. The molecule has 0 fully saturated rings. The van der Waals surface area contributed by atoms with Gasteiger partial charge in [0.1, 0.15) is 0 Å². The molecule has 2 heteroatoms. The molecule has 0 radical (unpaired) electrons. The van der Waals surface area contributed by atoms with Crippen LogP contribution < -0.4 is 5.32 Å². The van der Waals surface area contributed by atoms with Gasteiger partial charge >= 0.3 is 0 Å². The maximum atomic E-state index is 3.11. The van der Waals surface area contributed by atoms with Crippen molar-refractivity contribution in [2.75, 3.05) is 0 Å². The minimum atomic E-state index is 0.223. The second-order valence-corrected chi connectivity index (χ2v) is 4.09. The van der Waals surface area contributed by atoms with Gasteiger partial charge < -0.3 is 5.32 Å². The molecule has 0 aromatic rings. The Labute approximate surface area is 46.6 Å². The fourth-order valence-corrected chi connectivity index (χ4v) is 1.22. The van der Waals surface area contributed by atoms with Gasteiger partial charge in [-0.1, -0.05) is 13.5 Å². The van der Waals surface area contributed by atoms with E-state index >= 15 is 0 Å². The van der Waals surface area contributed by atoms with Crippen LogP contribution >= 0.6 is 0 Å². The van der Waals surface area contributed by atoms with Crippen molar-refractivity contribution >= 4 is 9.52 Å². The van der Waals surface area contributed by atoms with Crippen molar-refractivity contribution in [1.82, 2.24) is 5.32 Å². The molecular weight excluding hydrogens is 102 g/mol. The molecule has 1 atom stereocenters. The Bertz CT molecular complexity index is 98.3. The Morgan fingerprint density at radius 2 is 2.43 bits per heavy atom. The molecule has 7 heavy (non-hydrogen) atoms. The van der Waals surface area contributed by atoms with Crippen LogP contribution in [0.3, 0.4) is 0 Å². The number of nitrogens with one attached hydrogen (secondary N) is 1. The average molecular weight is 113 g/mol. The lowest BCUT2D eigenvalue weighted by atomic mass is 10.4. The van der Waals surface area contributed by atoms with Gasteiger partial charge in [-0.05, 0) is 5.54 Å². The van der Waals surface area contributed by atoms with Crippen LogP contribution in [0.25, 0.3) is 0 Å². The number of hydrogen-bond donors (Lipinski definition) is 1. The third-order valence-corrected chi connectivity index (χ3v) is 3.12. The van der Waals surface area contributed by atoms with Crippen molar-refractivity contribution < 1.29 is 0 Å². The molecule has 0 bridgehead atoms. The van der Waals surface area contributed by atoms with Gasteiger partial charge in [0.15, 0.2) is 0 Å². The molecule has 0 saturated heterocycles. The summed E-state index contributed by atoms with van der Waals surface area (Å²) in [5.74, 6) is 0. The predicted molar refractivity (Wildman–Crippen MR) is 35.1 cm³/mol. The highest BCUT2D eigenvalue weighted by Gasteiger charge is 2.12. The first-order valence-corrected chi connectivity index (χ1v) is 5.04. The van der Waals surface area contributed by atoms with E-state index in [1.54, 1.807) is 0 Å². The van der Waals surface area contributed by atoms with Crippen LogP contribution in [0.15, 0.2) is 11.9 Å². The summed E-state index contributed by atoms with van der Waals surface area (Å²) in [6, 6.07) is 0. The van der Waals surface area contributed by atoms with E-state index in [1.165, 1.54) is 5.70 Å². The third-order valence-electron chi connectivity index (χ3n) is 1.45. The van der Waals surface area contributed by atoms with Crippen LogP contribution in [0.2, 0.25) is 12.1 Å². The first kappa shape index (κ1) is 4.90. The van der Waals surface area contributed by atoms with E-state index in [1.807, 2.05) is 0 Å². The maximum Gasteiger partial charge on any atom is 0.0305 e. The Morgan fingerprint density at radius 1 is 1.86 bits per heavy atom. The van der Waals surface area contributed by atoms with E-state index in [0.29, 0.717) is 0 Å². The summed E-state index contributed by atoms with van der Waals surface area (Å²) < 4.78 is 0. The lowest BCUT2D eigenvalue weighted by molar-refractivity contribution is 1.08. The molecule has 1 heterocycles. The Hall–Kier alpha value is -0.243. The molecule has 0 spiro atoms. The molecule has 0 aromatic carbocycles. The highest BCUT2D eigenvalue weighted by Crippen LogP contribution is 2.18. The Morgan fingerprint density at radius 3 is 2.57 bits per heavy atom. The lowest BCUT2D eigenvalue weighted by Crippen LogP contribution is -1.95. The monoisotopic (exact) mass is 113 g/mol. The van der Waals surface area contributed by atoms with E-state index in [0.717, 1.165) is 5.54 Å². The molecule has 40 valence electrons. The zero-order valence-corrected chi connectivity index (χ0v) is 6.28. The molecule has 0 saturated carbocycles. The van der Waals surface area contributed by atoms with Crippen molar-refractivity contribution in [1.29, 1.82) is 0 Å². The molecule has 1 rings (SSSR count). The van der Waals surface area contributed by atoms with Gasteiger partial charge in [0, 0.05) is 21.4 Å². The smallest absolute Gasteiger partial charge is 0.0305 e. The molecule has 0 aromatic heterocycles. The average Bonchev–Trinajstić information content (AvgIpc) is 2.44. The van der Waals surface area contributed by atoms with E-state index in [9.17, 15) is 0 Å². The van der Waals surface area contributed by atoms with Gasteiger partial charge in [-0.3, -0.25) is 0 Å². The molecule has 0 amide bonds. The van der Waals surface area contributed by atoms with Gasteiger partial charge in [0.05, 0.1) is 0 Å². The Balaban J connectivity index is 2.24. The molecule has 1 unspecified atom stereocenters. The van der Waals surface area contributed by atoms with Crippen LogP contribution in [0.5, 0.6) is 0 Å². The zero-order valence-electron chi connectivity index (χ0n) is 4.86. The SMILES string of the molecule is C[SiH2]C(C)C1=CN1. The minimum Gasteiger partial charge on any atom is -0.362 e. The van der Waals surface area contributed by atoms with Gasteiger partial charge in [0.25, 0.3) is 0 Å². The van der Waals surface area contributed by atoms with Gasteiger partial charge in [-0.25, -0.2) is 0 Å². The van der Waals surface area contributed by atoms with Crippen molar-refractivity contribution in [3.63, 3.8) is 0 Å². The first-order chi connectivity index (χ1) is 3.34. The molecule has 1 aliphatic heterocycles. The summed E-state index contributed by atoms with van der Waals surface area (Å²) in [6.07, 6.45) is 2.10. The Kier molecular flexibility index (Phi) is 1.19. The standard InChI is InChI=1S/C5H11NSi/c1-4(7-2)5-3-6-5/h3-4,6H,7H2,1-2H3. The number of hydrogen-bond acceptors (Lipinski definition) is 1. The van der Waals surface area contributed by atoms with Crippen molar-refractivity contribution in [2.24, 2.45) is 0 Å². The molecule has 0 aliphatic carbocycles. The summed E-state index contributed by atoms with van der Waals surface area (Å²) in [5, 5.41) is 3.11. The van der Waals surface area contributed by atoms with Gasteiger partial charge in [0.2, 0.25) is 0 Å². The topological polar surface area (TPSA) is 21.9 Å². The van der Waals surface area contributed by atoms with E-state index in [4.69, 9.17) is 0 Å². The fourth-order valence-electron chi connectivity index (χ4n) is 0.546. The van der Waals surface area contributed by atoms with Crippen LogP contribution in [-0.2, 0) is 0 Å². The van der Waals surface area contributed by atoms with Crippen LogP contribution in [0, 0.1) is 0 Å². The van der Waals surface area contributed by atoms with Crippen molar-refractivity contribution in [3.8, 4) is 0 Å². The lowest BCUT2D eigenvalue weighted by Gasteiger charge is -1.96. The largest absolute Gasteiger partial charge is 0.362 e. The van der Waals surface area contributed by atoms with Crippen LogP contribution in [0.4, 0.5) is 0 Å². The number of rotatable bonds is 2. The summed E-state index contributed by atoms with van der Waals surface area (Å²) >= 11 is 0. The third kappa shape index (κ3) is 1.06. The van der Waals surface area contributed by atoms with Crippen molar-refractivity contribution in [2.45, 2.75) is 19.0 Å². The second-order valence-electron chi connectivity index (χ2n) is 2.05. The van der Waals surface area contributed by atoms with E-state index < -0.39 is 0 Å². The zero-order chi connectivity index (χ0) is 5.28. The minimum absolute atomic E-state index is 0.223. The summed E-state index contributed by atoms with van der Waals surface area (Å²) in [5.41, 5.74) is 2.38. The molecular formula is C5H11NSi. The van der Waals surface area contributed by atoms with Gasteiger partial charge in [-0.2, -0.15) is 0 Å². The highest BCUT2D eigenvalue weighted by atomic mass is 28.2. The predicted octanol–water partition coefficient (Wildman–Crippen LogP) is 0.456. The first-order valence-electron chi connectivity index (χ1n) is 2.81. The maximum absolute atomic E-state index is 3.11. The molecule has 1 aliphatic rings. The second kappa shape index (κ2) is 1.70. The normalized spacial score (nSPS) is 21.7. The van der Waals surface area contributed by atoms with E-state index in [2.05, 4.69) is 25.0 Å². The summed E-state index contributed by atoms with van der Waals surface area (Å²) in [4.78, 5) is 0. The van der Waals surface area contributed by atoms with Crippen LogP contribution in [-0.4, -0.2) is 9.52 Å². The van der Waals surface area contributed by atoms with Gasteiger partial charge in [-0.15, -0.1) is 0 Å². The van der Waals surface area contributed by atoms with Crippen LogP contribution in [0.1, 0.15) is 6.92 Å². The summed E-state index contributed by atoms with van der Waals surface area (Å²) in [7, 11) is 0.223. The quantitative estimate of drug-likeness (QED) is 0.516. The fraction of sp³-hybridized carbons (Fsp3) is 0.600. The number of allylic oxidation sites excluding steroid dienone is 1. The molecule has 1 N–H and O–H groups in total. The van der Waals surface area contributed by atoms with E-state index in [-0.39, 0.29) is 9.52 Å².